The predicted octanol–water partition coefficient (Wildman–Crippen LogP) is -0.238. The van der Waals surface area contributed by atoms with Crippen molar-refractivity contribution in [3.63, 3.8) is 0 Å². The molecule has 0 amide bonds. The molecular formula is C9H14N2O5S. The first-order valence-electron chi connectivity index (χ1n) is 4.91. The van der Waals surface area contributed by atoms with E-state index < -0.39 is 22.0 Å². The molecule has 4 N–H and O–H groups in total. The molecule has 0 radical (unpaired) electrons. The molecular weight excluding hydrogens is 248 g/mol. The van der Waals surface area contributed by atoms with E-state index in [2.05, 4.69) is 9.71 Å². The molecule has 1 rings (SSSR count). The Labute approximate surface area is 98.5 Å². The van der Waals surface area contributed by atoms with Gasteiger partial charge in [0.05, 0.1) is 0 Å². The second kappa shape index (κ2) is 5.30. The molecule has 1 aromatic rings. The van der Waals surface area contributed by atoms with E-state index in [9.17, 15) is 13.2 Å². The van der Waals surface area contributed by atoms with E-state index in [1.165, 1.54) is 0 Å². The zero-order chi connectivity index (χ0) is 13.1. The van der Waals surface area contributed by atoms with Crippen molar-refractivity contribution < 1.29 is 23.4 Å². The lowest BCUT2D eigenvalue weighted by Crippen LogP contribution is -2.33. The zero-order valence-corrected chi connectivity index (χ0v) is 9.99. The monoisotopic (exact) mass is 262 g/mol. The number of sulfonamides is 1. The molecule has 7 nitrogen and oxygen atoms in total. The van der Waals surface area contributed by atoms with Crippen molar-refractivity contribution >= 4 is 16.0 Å². The molecule has 0 saturated heterocycles. The molecule has 0 aliphatic heterocycles. The fraction of sp³-hybridized carbons (Fsp3) is 0.444. The number of aromatic carboxylic acids is 1. The van der Waals surface area contributed by atoms with Gasteiger partial charge >= 0.3 is 5.97 Å². The minimum Gasteiger partial charge on any atom is -0.477 e. The smallest absolute Gasteiger partial charge is 0.352 e. The van der Waals surface area contributed by atoms with E-state index in [0.717, 1.165) is 12.3 Å². The molecule has 8 heteroatoms. The lowest BCUT2D eigenvalue weighted by Gasteiger charge is -2.11. The Morgan fingerprint density at radius 1 is 1.59 bits per heavy atom. The van der Waals surface area contributed by atoms with Gasteiger partial charge in [-0.25, -0.2) is 17.9 Å². The lowest BCUT2D eigenvalue weighted by molar-refractivity contribution is 0.0691. The number of hydrogen-bond acceptors (Lipinski definition) is 4. The molecule has 96 valence electrons. The number of aliphatic hydroxyl groups excluding tert-OH is 1. The summed E-state index contributed by atoms with van der Waals surface area (Å²) in [6.07, 6.45) is 1.40. The highest BCUT2D eigenvalue weighted by molar-refractivity contribution is 7.89. The maximum absolute atomic E-state index is 11.7. The number of hydrogen-bond donors (Lipinski definition) is 4. The number of H-pyrrole nitrogens is 1. The first-order valence-corrected chi connectivity index (χ1v) is 6.40. The summed E-state index contributed by atoms with van der Waals surface area (Å²) in [4.78, 5) is 12.8. The fourth-order valence-corrected chi connectivity index (χ4v) is 2.51. The van der Waals surface area contributed by atoms with Crippen LogP contribution in [0.2, 0.25) is 0 Å². The van der Waals surface area contributed by atoms with Crippen molar-refractivity contribution in [2.24, 2.45) is 0 Å². The summed E-state index contributed by atoms with van der Waals surface area (Å²) in [5, 5.41) is 17.3. The van der Waals surface area contributed by atoms with Gasteiger partial charge in [0.2, 0.25) is 10.0 Å². The third kappa shape index (κ3) is 3.55. The highest BCUT2D eigenvalue weighted by Crippen LogP contribution is 2.11. The van der Waals surface area contributed by atoms with Gasteiger partial charge < -0.3 is 15.2 Å². The summed E-state index contributed by atoms with van der Waals surface area (Å²) >= 11 is 0. The molecule has 1 atom stereocenters. The van der Waals surface area contributed by atoms with E-state index in [-0.39, 0.29) is 23.6 Å². The Morgan fingerprint density at radius 2 is 2.24 bits per heavy atom. The van der Waals surface area contributed by atoms with Gasteiger partial charge in [-0.3, -0.25) is 0 Å². The van der Waals surface area contributed by atoms with Gasteiger partial charge in [0.15, 0.2) is 0 Å². The number of nitrogens with one attached hydrogen (secondary N) is 2. The number of rotatable bonds is 6. The number of aliphatic hydroxyl groups is 1. The maximum Gasteiger partial charge on any atom is 0.352 e. The number of carboxylic acid groups (broad SMARTS) is 1. The summed E-state index contributed by atoms with van der Waals surface area (Å²) in [5.74, 6) is -1.23. The predicted molar refractivity (Wildman–Crippen MR) is 59.2 cm³/mol. The van der Waals surface area contributed by atoms with Gasteiger partial charge in [0.1, 0.15) is 10.6 Å². The average molecular weight is 262 g/mol. The first-order chi connectivity index (χ1) is 7.86. The molecule has 1 aromatic heterocycles. The van der Waals surface area contributed by atoms with Crippen LogP contribution in [0, 0.1) is 0 Å². The zero-order valence-electron chi connectivity index (χ0n) is 9.17. The fourth-order valence-electron chi connectivity index (χ4n) is 1.24. The molecule has 0 aromatic carbocycles. The lowest BCUT2D eigenvalue weighted by atomic mass is 10.3. The van der Waals surface area contributed by atoms with Crippen LogP contribution in [0.5, 0.6) is 0 Å². The van der Waals surface area contributed by atoms with E-state index in [0.29, 0.717) is 0 Å². The van der Waals surface area contributed by atoms with Crippen LogP contribution in [0.4, 0.5) is 0 Å². The summed E-state index contributed by atoms with van der Waals surface area (Å²) in [5.41, 5.74) is -0.194. The van der Waals surface area contributed by atoms with Crippen LogP contribution in [0.15, 0.2) is 17.2 Å². The second-order valence-electron chi connectivity index (χ2n) is 3.59. The molecule has 0 saturated carbocycles. The van der Waals surface area contributed by atoms with Crippen molar-refractivity contribution in [1.29, 1.82) is 0 Å². The van der Waals surface area contributed by atoms with E-state index in [4.69, 9.17) is 10.2 Å². The van der Waals surface area contributed by atoms with Gasteiger partial charge in [0, 0.05) is 18.8 Å². The van der Waals surface area contributed by atoms with Gasteiger partial charge in [-0.15, -0.1) is 0 Å². The highest BCUT2D eigenvalue weighted by atomic mass is 32.2. The van der Waals surface area contributed by atoms with Crippen LogP contribution in [-0.2, 0) is 10.0 Å². The first kappa shape index (κ1) is 13.7. The Bertz CT molecular complexity index is 493. The minimum atomic E-state index is -3.75. The standard InChI is InChI=1S/C9H14N2O5S/c1-6(2-3-12)11-17(15,16)7-4-8(9(13)14)10-5-7/h4-6,10-12H,2-3H2,1H3,(H,13,14). The van der Waals surface area contributed by atoms with Gasteiger partial charge in [-0.05, 0) is 19.4 Å². The SMILES string of the molecule is CC(CCO)NS(=O)(=O)c1c[nH]c(C(=O)O)c1. The summed E-state index contributed by atoms with van der Waals surface area (Å²) in [6, 6.07) is 0.615. The molecule has 0 aliphatic carbocycles. The van der Waals surface area contributed by atoms with Crippen molar-refractivity contribution in [1.82, 2.24) is 9.71 Å². The number of carbonyl (C=O) groups is 1. The molecule has 1 heterocycles. The third-order valence-electron chi connectivity index (χ3n) is 2.12. The Kier molecular flexibility index (Phi) is 4.27. The van der Waals surface area contributed by atoms with Crippen LogP contribution in [0.3, 0.4) is 0 Å². The summed E-state index contributed by atoms with van der Waals surface area (Å²) < 4.78 is 25.8. The van der Waals surface area contributed by atoms with Crippen LogP contribution >= 0.6 is 0 Å². The van der Waals surface area contributed by atoms with Crippen LogP contribution in [0.25, 0.3) is 0 Å². The van der Waals surface area contributed by atoms with Gasteiger partial charge in [-0.2, -0.15) is 0 Å². The number of aromatic amines is 1. The second-order valence-corrected chi connectivity index (χ2v) is 5.30. The van der Waals surface area contributed by atoms with Crippen molar-refractivity contribution in [2.75, 3.05) is 6.61 Å². The minimum absolute atomic E-state index is 0.128. The van der Waals surface area contributed by atoms with Crippen LogP contribution in [-0.4, -0.2) is 42.2 Å². The molecule has 0 fully saturated rings. The quantitative estimate of drug-likeness (QED) is 0.564. The largest absolute Gasteiger partial charge is 0.477 e. The van der Waals surface area contributed by atoms with E-state index in [1.807, 2.05) is 0 Å². The molecule has 0 aliphatic rings. The Morgan fingerprint density at radius 3 is 2.71 bits per heavy atom. The molecule has 0 spiro atoms. The van der Waals surface area contributed by atoms with E-state index >= 15 is 0 Å². The molecule has 1 unspecified atom stereocenters. The number of aromatic nitrogens is 1. The van der Waals surface area contributed by atoms with Crippen molar-refractivity contribution in [2.45, 2.75) is 24.3 Å². The Hall–Kier alpha value is -1.38. The normalized spacial score (nSPS) is 13.5. The summed E-state index contributed by atoms with van der Waals surface area (Å²) in [6.45, 7) is 1.48. The number of carboxylic acids is 1. The van der Waals surface area contributed by atoms with E-state index in [1.54, 1.807) is 6.92 Å². The molecule has 0 bridgehead atoms. The Balaban J connectivity index is 2.86. The van der Waals surface area contributed by atoms with Gasteiger partial charge in [0.25, 0.3) is 0 Å². The maximum atomic E-state index is 11.7. The van der Waals surface area contributed by atoms with Crippen molar-refractivity contribution in [3.8, 4) is 0 Å². The topological polar surface area (TPSA) is 119 Å². The third-order valence-corrected chi connectivity index (χ3v) is 3.68. The highest BCUT2D eigenvalue weighted by Gasteiger charge is 2.20. The average Bonchev–Trinajstić information content (AvgIpc) is 2.65. The van der Waals surface area contributed by atoms with Crippen LogP contribution < -0.4 is 4.72 Å². The van der Waals surface area contributed by atoms with Gasteiger partial charge in [-0.1, -0.05) is 0 Å². The van der Waals surface area contributed by atoms with Crippen molar-refractivity contribution in [3.05, 3.63) is 18.0 Å². The van der Waals surface area contributed by atoms with Crippen LogP contribution in [0.1, 0.15) is 23.8 Å². The molecule has 17 heavy (non-hydrogen) atoms. The summed E-state index contributed by atoms with van der Waals surface area (Å²) in [7, 11) is -3.75.